The first-order valence-electron chi connectivity index (χ1n) is 6.73. The Morgan fingerprint density at radius 2 is 2.18 bits per heavy atom. The van der Waals surface area contributed by atoms with Gasteiger partial charge < -0.3 is 5.32 Å². The molecule has 1 nitrogen and oxygen atoms in total. The molecule has 0 heterocycles. The molecule has 1 heteroatoms. The molecule has 0 aromatic heterocycles. The molecule has 2 rings (SSSR count). The van der Waals surface area contributed by atoms with Gasteiger partial charge in [0.25, 0.3) is 0 Å². The van der Waals surface area contributed by atoms with Crippen LogP contribution in [0.25, 0.3) is 0 Å². The average Bonchev–Trinajstić information content (AvgIpc) is 2.36. The van der Waals surface area contributed by atoms with Crippen molar-refractivity contribution in [2.75, 3.05) is 0 Å². The Morgan fingerprint density at radius 3 is 2.94 bits per heavy atom. The maximum absolute atomic E-state index is 3.78. The molecule has 17 heavy (non-hydrogen) atoms. The van der Waals surface area contributed by atoms with Crippen molar-refractivity contribution in [2.24, 2.45) is 0 Å². The summed E-state index contributed by atoms with van der Waals surface area (Å²) < 4.78 is 0. The van der Waals surface area contributed by atoms with Crippen LogP contribution in [0.2, 0.25) is 0 Å². The first kappa shape index (κ1) is 12.4. The third-order valence-corrected chi connectivity index (χ3v) is 3.67. The van der Waals surface area contributed by atoms with Crippen molar-refractivity contribution in [2.45, 2.75) is 51.1 Å². The van der Waals surface area contributed by atoms with Crippen molar-refractivity contribution < 1.29 is 0 Å². The van der Waals surface area contributed by atoms with Crippen LogP contribution in [0.15, 0.2) is 36.9 Å². The van der Waals surface area contributed by atoms with Crippen LogP contribution in [-0.4, -0.2) is 12.1 Å². The normalized spacial score (nSPS) is 20.6. The highest BCUT2D eigenvalue weighted by Gasteiger charge is 2.18. The first-order valence-corrected chi connectivity index (χ1v) is 6.73. The van der Waals surface area contributed by atoms with Crippen molar-refractivity contribution in [3.05, 3.63) is 48.0 Å². The van der Waals surface area contributed by atoms with E-state index >= 15 is 0 Å². The van der Waals surface area contributed by atoms with Gasteiger partial charge in [0, 0.05) is 12.1 Å². The summed E-state index contributed by atoms with van der Waals surface area (Å²) >= 11 is 0. The number of allylic oxidation sites excluding steroid dienone is 1. The molecular formula is C16H23N. The molecule has 1 N–H and O–H groups in total. The fourth-order valence-corrected chi connectivity index (χ4v) is 2.69. The summed E-state index contributed by atoms with van der Waals surface area (Å²) in [7, 11) is 0. The summed E-state index contributed by atoms with van der Waals surface area (Å²) in [6.45, 7) is 6.06. The highest BCUT2D eigenvalue weighted by Crippen LogP contribution is 2.21. The van der Waals surface area contributed by atoms with Crippen molar-refractivity contribution in [3.8, 4) is 0 Å². The fraction of sp³-hybridized carbons (Fsp3) is 0.500. The minimum atomic E-state index is 0.600. The third kappa shape index (κ3) is 3.44. The second kappa shape index (κ2) is 6.02. The molecule has 0 spiro atoms. The highest BCUT2D eigenvalue weighted by atomic mass is 14.9. The molecule has 0 fully saturated rings. The smallest absolute Gasteiger partial charge is 0.0113 e. The lowest BCUT2D eigenvalue weighted by Gasteiger charge is -2.28. The van der Waals surface area contributed by atoms with Gasteiger partial charge in [-0.3, -0.25) is 0 Å². The lowest BCUT2D eigenvalue weighted by atomic mass is 9.88. The molecule has 2 atom stereocenters. The van der Waals surface area contributed by atoms with Crippen LogP contribution in [0.4, 0.5) is 0 Å². The SMILES string of the molecule is C=CCCC(C)NC1CCc2ccccc2C1. The predicted molar refractivity (Wildman–Crippen MR) is 74.3 cm³/mol. The zero-order chi connectivity index (χ0) is 12.1. The number of benzene rings is 1. The van der Waals surface area contributed by atoms with Gasteiger partial charge in [0.1, 0.15) is 0 Å². The molecule has 1 aliphatic carbocycles. The molecule has 1 aromatic rings. The second-order valence-corrected chi connectivity index (χ2v) is 5.14. The van der Waals surface area contributed by atoms with Crippen molar-refractivity contribution in [3.63, 3.8) is 0 Å². The quantitative estimate of drug-likeness (QED) is 0.762. The number of fused-ring (bicyclic) bond motifs is 1. The Labute approximate surface area is 105 Å². The Hall–Kier alpha value is -1.08. The van der Waals surface area contributed by atoms with Gasteiger partial charge in [-0.15, -0.1) is 6.58 Å². The van der Waals surface area contributed by atoms with Crippen LogP contribution >= 0.6 is 0 Å². The van der Waals surface area contributed by atoms with E-state index < -0.39 is 0 Å². The third-order valence-electron chi connectivity index (χ3n) is 3.67. The summed E-state index contributed by atoms with van der Waals surface area (Å²) in [6.07, 6.45) is 8.00. The Balaban J connectivity index is 1.87. The summed E-state index contributed by atoms with van der Waals surface area (Å²) in [4.78, 5) is 0. The minimum Gasteiger partial charge on any atom is -0.311 e. The summed E-state index contributed by atoms with van der Waals surface area (Å²) in [5.41, 5.74) is 3.08. The van der Waals surface area contributed by atoms with Gasteiger partial charge in [0.2, 0.25) is 0 Å². The van der Waals surface area contributed by atoms with Crippen LogP contribution in [0.5, 0.6) is 0 Å². The van der Waals surface area contributed by atoms with Gasteiger partial charge in [-0.25, -0.2) is 0 Å². The van der Waals surface area contributed by atoms with Crippen molar-refractivity contribution >= 4 is 0 Å². The molecule has 2 unspecified atom stereocenters. The number of rotatable bonds is 5. The van der Waals surface area contributed by atoms with E-state index in [1.165, 1.54) is 31.2 Å². The lowest BCUT2D eigenvalue weighted by Crippen LogP contribution is -2.40. The highest BCUT2D eigenvalue weighted by molar-refractivity contribution is 5.30. The molecule has 92 valence electrons. The van der Waals surface area contributed by atoms with E-state index in [1.807, 2.05) is 6.08 Å². The summed E-state index contributed by atoms with van der Waals surface area (Å²) in [5.74, 6) is 0. The van der Waals surface area contributed by atoms with E-state index in [4.69, 9.17) is 0 Å². The number of hydrogen-bond acceptors (Lipinski definition) is 1. The van der Waals surface area contributed by atoms with Crippen LogP contribution in [0.3, 0.4) is 0 Å². The van der Waals surface area contributed by atoms with E-state index in [9.17, 15) is 0 Å². The van der Waals surface area contributed by atoms with Gasteiger partial charge in [0.15, 0.2) is 0 Å². The van der Waals surface area contributed by atoms with Gasteiger partial charge in [-0.2, -0.15) is 0 Å². The second-order valence-electron chi connectivity index (χ2n) is 5.14. The molecular weight excluding hydrogens is 206 g/mol. The molecule has 0 radical (unpaired) electrons. The maximum atomic E-state index is 3.78. The predicted octanol–water partition coefficient (Wildman–Crippen LogP) is 3.49. The van der Waals surface area contributed by atoms with Gasteiger partial charge in [-0.1, -0.05) is 30.3 Å². The molecule has 0 saturated heterocycles. The molecule has 0 bridgehead atoms. The standard InChI is InChI=1S/C16H23N/c1-3-4-7-13(2)17-16-11-10-14-8-5-6-9-15(14)12-16/h3,5-6,8-9,13,16-17H,1,4,7,10-12H2,2H3. The average molecular weight is 229 g/mol. The lowest BCUT2D eigenvalue weighted by molar-refractivity contribution is 0.395. The molecule has 0 saturated carbocycles. The van der Waals surface area contributed by atoms with Crippen LogP contribution in [0.1, 0.15) is 37.3 Å². The van der Waals surface area contributed by atoms with Gasteiger partial charge in [-0.05, 0) is 50.2 Å². The molecule has 0 amide bonds. The van der Waals surface area contributed by atoms with E-state index in [2.05, 4.69) is 43.1 Å². The maximum Gasteiger partial charge on any atom is 0.0113 e. The molecule has 1 aliphatic rings. The topological polar surface area (TPSA) is 12.0 Å². The Morgan fingerprint density at radius 1 is 1.41 bits per heavy atom. The van der Waals surface area contributed by atoms with Gasteiger partial charge in [0.05, 0.1) is 0 Å². The van der Waals surface area contributed by atoms with E-state index in [1.54, 1.807) is 5.56 Å². The first-order chi connectivity index (χ1) is 8.29. The molecule has 0 aliphatic heterocycles. The summed E-state index contributed by atoms with van der Waals surface area (Å²) in [6, 6.07) is 10.1. The van der Waals surface area contributed by atoms with Crippen molar-refractivity contribution in [1.29, 1.82) is 0 Å². The zero-order valence-corrected chi connectivity index (χ0v) is 10.8. The number of aryl methyl sites for hydroxylation is 1. The van der Waals surface area contributed by atoms with E-state index in [-0.39, 0.29) is 0 Å². The zero-order valence-electron chi connectivity index (χ0n) is 10.8. The fourth-order valence-electron chi connectivity index (χ4n) is 2.69. The molecule has 1 aromatic carbocycles. The Bertz CT molecular complexity index is 370. The van der Waals surface area contributed by atoms with Crippen molar-refractivity contribution in [1.82, 2.24) is 5.32 Å². The van der Waals surface area contributed by atoms with E-state index in [0.29, 0.717) is 12.1 Å². The monoisotopic (exact) mass is 229 g/mol. The van der Waals surface area contributed by atoms with Crippen LogP contribution in [-0.2, 0) is 12.8 Å². The summed E-state index contributed by atoms with van der Waals surface area (Å²) in [5, 5.41) is 3.75. The van der Waals surface area contributed by atoms with Gasteiger partial charge >= 0.3 is 0 Å². The largest absolute Gasteiger partial charge is 0.311 e. The van der Waals surface area contributed by atoms with E-state index in [0.717, 1.165) is 6.42 Å². The minimum absolute atomic E-state index is 0.600. The Kier molecular flexibility index (Phi) is 4.38. The van der Waals surface area contributed by atoms with Crippen LogP contribution in [0, 0.1) is 0 Å². The van der Waals surface area contributed by atoms with Crippen LogP contribution < -0.4 is 5.32 Å². The number of hydrogen-bond donors (Lipinski definition) is 1. The number of nitrogens with one attached hydrogen (secondary N) is 1.